The van der Waals surface area contributed by atoms with Crippen molar-refractivity contribution in [1.29, 1.82) is 0 Å². The van der Waals surface area contributed by atoms with Gasteiger partial charge in [-0.3, -0.25) is 4.99 Å². The average molecular weight is 380 g/mol. The molecule has 0 bridgehead atoms. The van der Waals surface area contributed by atoms with Gasteiger partial charge in [0.2, 0.25) is 0 Å². The van der Waals surface area contributed by atoms with E-state index in [1.54, 1.807) is 14.2 Å². The van der Waals surface area contributed by atoms with Crippen LogP contribution in [0.25, 0.3) is 0 Å². The van der Waals surface area contributed by atoms with Crippen LogP contribution in [0.4, 0.5) is 0 Å². The lowest BCUT2D eigenvalue weighted by atomic mass is 10.1. The van der Waals surface area contributed by atoms with Crippen molar-refractivity contribution >= 4 is 5.96 Å². The van der Waals surface area contributed by atoms with Crippen LogP contribution in [0.5, 0.6) is 5.75 Å². The Kier molecular flexibility index (Phi) is 12.3. The van der Waals surface area contributed by atoms with Gasteiger partial charge in [0.15, 0.2) is 5.96 Å². The number of rotatable bonds is 13. The Morgan fingerprint density at radius 1 is 1.11 bits per heavy atom. The first-order chi connectivity index (χ1) is 13.1. The van der Waals surface area contributed by atoms with Gasteiger partial charge in [-0.05, 0) is 30.9 Å². The van der Waals surface area contributed by atoms with E-state index in [2.05, 4.69) is 54.6 Å². The Balaban J connectivity index is 2.40. The Labute approximate surface area is 164 Å². The molecule has 2 N–H and O–H groups in total. The van der Waals surface area contributed by atoms with E-state index in [0.29, 0.717) is 32.3 Å². The van der Waals surface area contributed by atoms with Gasteiger partial charge in [-0.1, -0.05) is 26.0 Å². The number of hydrogen-bond donors (Lipinski definition) is 2. The summed E-state index contributed by atoms with van der Waals surface area (Å²) in [5.74, 6) is 2.34. The highest BCUT2D eigenvalue weighted by molar-refractivity contribution is 5.79. The molecule has 1 aromatic rings. The molecule has 0 radical (unpaired) electrons. The molecule has 0 saturated carbocycles. The molecule has 0 aliphatic heterocycles. The zero-order valence-electron chi connectivity index (χ0n) is 17.6. The quantitative estimate of drug-likeness (QED) is 0.313. The molecule has 0 heterocycles. The smallest absolute Gasteiger partial charge is 0.191 e. The first-order valence-electron chi connectivity index (χ1n) is 9.80. The van der Waals surface area contributed by atoms with Gasteiger partial charge < -0.3 is 24.8 Å². The fourth-order valence-corrected chi connectivity index (χ4v) is 2.39. The van der Waals surface area contributed by atoms with Crippen molar-refractivity contribution in [2.75, 3.05) is 47.1 Å². The van der Waals surface area contributed by atoms with Crippen molar-refractivity contribution in [3.63, 3.8) is 0 Å². The van der Waals surface area contributed by atoms with Gasteiger partial charge in [0.1, 0.15) is 5.75 Å². The summed E-state index contributed by atoms with van der Waals surface area (Å²) in [7, 11) is 3.47. The molecule has 0 unspecified atom stereocenters. The van der Waals surface area contributed by atoms with E-state index in [4.69, 9.17) is 14.2 Å². The Morgan fingerprint density at radius 3 is 2.63 bits per heavy atom. The minimum absolute atomic E-state index is 0.644. The van der Waals surface area contributed by atoms with E-state index >= 15 is 0 Å². The number of ether oxygens (including phenoxy) is 3. The summed E-state index contributed by atoms with van der Waals surface area (Å²) in [6, 6.07) is 6.26. The third-order valence-electron chi connectivity index (χ3n) is 4.02. The molecular weight excluding hydrogens is 342 g/mol. The lowest BCUT2D eigenvalue weighted by Gasteiger charge is -2.15. The highest BCUT2D eigenvalue weighted by Crippen LogP contribution is 2.20. The van der Waals surface area contributed by atoms with E-state index in [0.717, 1.165) is 43.3 Å². The molecule has 0 atom stereocenters. The number of aryl methyl sites for hydroxylation is 1. The minimum atomic E-state index is 0.644. The lowest BCUT2D eigenvalue weighted by molar-refractivity contribution is 0.128. The number of guanidine groups is 1. The number of benzene rings is 1. The van der Waals surface area contributed by atoms with E-state index in [1.165, 1.54) is 5.56 Å². The number of aliphatic imine (C=N–C) groups is 1. The molecule has 1 rings (SSSR count). The van der Waals surface area contributed by atoms with Gasteiger partial charge in [-0.2, -0.15) is 0 Å². The van der Waals surface area contributed by atoms with E-state index in [1.807, 2.05) is 0 Å². The first-order valence-corrected chi connectivity index (χ1v) is 9.80. The van der Waals surface area contributed by atoms with Crippen molar-refractivity contribution in [2.45, 2.75) is 40.2 Å². The number of methoxy groups -OCH3 is 1. The second-order valence-electron chi connectivity index (χ2n) is 6.95. The predicted octanol–water partition coefficient (Wildman–Crippen LogP) is 3.14. The van der Waals surface area contributed by atoms with E-state index in [-0.39, 0.29) is 0 Å². The van der Waals surface area contributed by atoms with Gasteiger partial charge in [0.05, 0.1) is 13.2 Å². The maximum atomic E-state index is 5.93. The van der Waals surface area contributed by atoms with Crippen LogP contribution in [0.3, 0.4) is 0 Å². The standard InChI is InChI=1S/C21H37N3O3/c1-17(2)9-13-26-14-10-23-21(22-4)24-16-19-8-7-18(3)15-20(19)27-12-6-11-25-5/h7-8,15,17H,6,9-14,16H2,1-5H3,(H2,22,23,24). The maximum absolute atomic E-state index is 5.93. The van der Waals surface area contributed by atoms with Crippen molar-refractivity contribution in [3.8, 4) is 5.75 Å². The summed E-state index contributed by atoms with van der Waals surface area (Å²) in [6.45, 7) is 10.7. The van der Waals surface area contributed by atoms with Crippen LogP contribution < -0.4 is 15.4 Å². The van der Waals surface area contributed by atoms with Gasteiger partial charge in [0, 0.05) is 52.4 Å². The normalized spacial score (nSPS) is 11.7. The second kappa shape index (κ2) is 14.3. The molecule has 154 valence electrons. The molecule has 0 amide bonds. The summed E-state index contributed by atoms with van der Waals surface area (Å²) in [6.07, 6.45) is 1.96. The summed E-state index contributed by atoms with van der Waals surface area (Å²) in [5, 5.41) is 6.61. The Morgan fingerprint density at radius 2 is 1.93 bits per heavy atom. The first kappa shape index (κ1) is 23.2. The van der Waals surface area contributed by atoms with Crippen molar-refractivity contribution in [2.24, 2.45) is 10.9 Å². The Bertz CT molecular complexity index is 547. The fourth-order valence-electron chi connectivity index (χ4n) is 2.39. The maximum Gasteiger partial charge on any atom is 0.191 e. The zero-order valence-corrected chi connectivity index (χ0v) is 17.6. The van der Waals surface area contributed by atoms with Crippen LogP contribution in [0.15, 0.2) is 23.2 Å². The van der Waals surface area contributed by atoms with E-state index in [9.17, 15) is 0 Å². The average Bonchev–Trinajstić information content (AvgIpc) is 2.65. The number of hydrogen-bond acceptors (Lipinski definition) is 4. The fraction of sp³-hybridized carbons (Fsp3) is 0.667. The molecular formula is C21H37N3O3. The monoisotopic (exact) mass is 379 g/mol. The van der Waals surface area contributed by atoms with Crippen LogP contribution in [-0.2, 0) is 16.0 Å². The molecule has 6 nitrogen and oxygen atoms in total. The van der Waals surface area contributed by atoms with Crippen LogP contribution in [0.2, 0.25) is 0 Å². The molecule has 0 spiro atoms. The number of nitrogens with one attached hydrogen (secondary N) is 2. The van der Waals surface area contributed by atoms with Gasteiger partial charge >= 0.3 is 0 Å². The van der Waals surface area contributed by atoms with E-state index < -0.39 is 0 Å². The molecule has 0 fully saturated rings. The molecule has 0 aliphatic carbocycles. The largest absolute Gasteiger partial charge is 0.493 e. The van der Waals surface area contributed by atoms with Gasteiger partial charge in [-0.15, -0.1) is 0 Å². The summed E-state index contributed by atoms with van der Waals surface area (Å²) in [5.41, 5.74) is 2.29. The van der Waals surface area contributed by atoms with Gasteiger partial charge in [-0.25, -0.2) is 0 Å². The molecule has 0 saturated heterocycles. The number of nitrogens with zero attached hydrogens (tertiary/aromatic N) is 1. The predicted molar refractivity (Wildman–Crippen MR) is 112 cm³/mol. The third-order valence-corrected chi connectivity index (χ3v) is 4.02. The topological polar surface area (TPSA) is 64.1 Å². The van der Waals surface area contributed by atoms with Crippen LogP contribution in [0.1, 0.15) is 37.8 Å². The molecule has 6 heteroatoms. The Hall–Kier alpha value is -1.79. The SMILES string of the molecule is CN=C(NCCOCCC(C)C)NCc1ccc(C)cc1OCCCOC. The third kappa shape index (κ3) is 10.8. The summed E-state index contributed by atoms with van der Waals surface area (Å²) >= 11 is 0. The van der Waals surface area contributed by atoms with Crippen LogP contribution in [-0.4, -0.2) is 53.1 Å². The minimum Gasteiger partial charge on any atom is -0.493 e. The summed E-state index contributed by atoms with van der Waals surface area (Å²) in [4.78, 5) is 4.26. The van der Waals surface area contributed by atoms with Gasteiger partial charge in [0.25, 0.3) is 0 Å². The highest BCUT2D eigenvalue weighted by Gasteiger charge is 2.06. The molecule has 0 aromatic heterocycles. The molecule has 1 aromatic carbocycles. The van der Waals surface area contributed by atoms with Crippen LogP contribution >= 0.6 is 0 Å². The molecule has 27 heavy (non-hydrogen) atoms. The zero-order chi connectivity index (χ0) is 19.9. The summed E-state index contributed by atoms with van der Waals surface area (Å²) < 4.78 is 16.6. The molecule has 0 aliphatic rings. The lowest BCUT2D eigenvalue weighted by Crippen LogP contribution is -2.38. The van der Waals surface area contributed by atoms with Crippen molar-refractivity contribution in [1.82, 2.24) is 10.6 Å². The van der Waals surface area contributed by atoms with Crippen molar-refractivity contribution < 1.29 is 14.2 Å². The highest BCUT2D eigenvalue weighted by atomic mass is 16.5. The second-order valence-corrected chi connectivity index (χ2v) is 6.95. The van der Waals surface area contributed by atoms with Crippen LogP contribution in [0, 0.1) is 12.8 Å². The van der Waals surface area contributed by atoms with Crippen molar-refractivity contribution in [3.05, 3.63) is 29.3 Å².